The SMILES string of the molecule is COC(=O)C1=C(C)NC(C)=C(C(=O)NCC(=O)OC(C)(C)C)C1c1ccccc1C#N. The van der Waals surface area contributed by atoms with Crippen molar-refractivity contribution in [1.29, 1.82) is 5.26 Å². The van der Waals surface area contributed by atoms with Crippen LogP contribution in [0.3, 0.4) is 0 Å². The molecule has 8 heteroatoms. The molecule has 0 saturated carbocycles. The number of ether oxygens (including phenoxy) is 2. The Morgan fingerprint density at radius 1 is 1.13 bits per heavy atom. The number of esters is 2. The van der Waals surface area contributed by atoms with E-state index in [4.69, 9.17) is 9.47 Å². The number of nitrogens with zero attached hydrogens (tertiary/aromatic N) is 1. The molecule has 1 aliphatic rings. The number of allylic oxidation sites excluding steroid dienone is 2. The van der Waals surface area contributed by atoms with E-state index in [9.17, 15) is 19.6 Å². The number of carbonyl (C=O) groups is 3. The lowest BCUT2D eigenvalue weighted by Gasteiger charge is -2.31. The summed E-state index contributed by atoms with van der Waals surface area (Å²) in [5.74, 6) is -2.60. The van der Waals surface area contributed by atoms with Gasteiger partial charge < -0.3 is 20.1 Å². The molecule has 0 saturated heterocycles. The normalized spacial score (nSPS) is 16.2. The van der Waals surface area contributed by atoms with Crippen molar-refractivity contribution in [3.8, 4) is 6.07 Å². The molecule has 0 aliphatic carbocycles. The highest BCUT2D eigenvalue weighted by atomic mass is 16.6. The summed E-state index contributed by atoms with van der Waals surface area (Å²) < 4.78 is 10.2. The van der Waals surface area contributed by atoms with Gasteiger partial charge in [-0.25, -0.2) is 4.79 Å². The Kier molecular flexibility index (Phi) is 7.24. The van der Waals surface area contributed by atoms with Crippen LogP contribution in [0.25, 0.3) is 0 Å². The topological polar surface area (TPSA) is 118 Å². The molecule has 2 rings (SSSR count). The van der Waals surface area contributed by atoms with Gasteiger partial charge >= 0.3 is 11.9 Å². The fourth-order valence-electron chi connectivity index (χ4n) is 3.46. The Hall–Kier alpha value is -3.60. The van der Waals surface area contributed by atoms with E-state index in [1.54, 1.807) is 58.9 Å². The van der Waals surface area contributed by atoms with E-state index in [0.29, 0.717) is 22.5 Å². The maximum absolute atomic E-state index is 13.2. The smallest absolute Gasteiger partial charge is 0.336 e. The fraction of sp³-hybridized carbons (Fsp3) is 0.391. The summed E-state index contributed by atoms with van der Waals surface area (Å²) in [6.07, 6.45) is 0. The third-order valence-corrected chi connectivity index (χ3v) is 4.62. The van der Waals surface area contributed by atoms with Crippen molar-refractivity contribution in [2.24, 2.45) is 0 Å². The Balaban J connectivity index is 2.49. The van der Waals surface area contributed by atoms with Crippen molar-refractivity contribution in [3.63, 3.8) is 0 Å². The van der Waals surface area contributed by atoms with Gasteiger partial charge in [-0.3, -0.25) is 9.59 Å². The molecule has 2 N–H and O–H groups in total. The molecule has 1 heterocycles. The van der Waals surface area contributed by atoms with E-state index in [0.717, 1.165) is 0 Å². The van der Waals surface area contributed by atoms with Gasteiger partial charge in [-0.15, -0.1) is 0 Å². The van der Waals surface area contributed by atoms with Crippen LogP contribution < -0.4 is 10.6 Å². The second kappa shape index (κ2) is 9.47. The van der Waals surface area contributed by atoms with E-state index in [1.807, 2.05) is 0 Å². The zero-order chi connectivity index (χ0) is 23.3. The van der Waals surface area contributed by atoms with Gasteiger partial charge in [0.15, 0.2) is 0 Å². The Morgan fingerprint density at radius 2 is 1.74 bits per heavy atom. The quantitative estimate of drug-likeness (QED) is 0.696. The highest BCUT2D eigenvalue weighted by Gasteiger charge is 2.38. The van der Waals surface area contributed by atoms with Gasteiger partial charge in [-0.05, 0) is 46.2 Å². The Labute approximate surface area is 181 Å². The number of hydrogen-bond donors (Lipinski definition) is 2. The number of nitrogens with one attached hydrogen (secondary N) is 2. The van der Waals surface area contributed by atoms with Crippen molar-refractivity contribution in [1.82, 2.24) is 10.6 Å². The number of carbonyl (C=O) groups excluding carboxylic acids is 3. The van der Waals surface area contributed by atoms with Crippen LogP contribution in [0, 0.1) is 11.3 Å². The summed E-state index contributed by atoms with van der Waals surface area (Å²) >= 11 is 0. The van der Waals surface area contributed by atoms with E-state index in [2.05, 4.69) is 16.7 Å². The summed E-state index contributed by atoms with van der Waals surface area (Å²) in [6.45, 7) is 8.26. The van der Waals surface area contributed by atoms with Crippen molar-refractivity contribution in [2.75, 3.05) is 13.7 Å². The molecule has 1 unspecified atom stereocenters. The van der Waals surface area contributed by atoms with E-state index in [-0.39, 0.29) is 17.7 Å². The second-order valence-corrected chi connectivity index (χ2v) is 8.10. The number of amides is 1. The van der Waals surface area contributed by atoms with Gasteiger partial charge in [0.2, 0.25) is 5.91 Å². The molecule has 1 amide bonds. The van der Waals surface area contributed by atoms with Crippen LogP contribution in [-0.2, 0) is 23.9 Å². The molecule has 8 nitrogen and oxygen atoms in total. The van der Waals surface area contributed by atoms with Gasteiger partial charge in [0.1, 0.15) is 12.1 Å². The van der Waals surface area contributed by atoms with Crippen molar-refractivity contribution < 1.29 is 23.9 Å². The van der Waals surface area contributed by atoms with Crippen LogP contribution in [0.5, 0.6) is 0 Å². The van der Waals surface area contributed by atoms with Gasteiger partial charge in [0.25, 0.3) is 0 Å². The predicted octanol–water partition coefficient (Wildman–Crippen LogP) is 2.42. The Bertz CT molecular complexity index is 1010. The van der Waals surface area contributed by atoms with Gasteiger partial charge in [0.05, 0.1) is 30.2 Å². The summed E-state index contributed by atoms with van der Waals surface area (Å²) in [4.78, 5) is 37.8. The molecule has 31 heavy (non-hydrogen) atoms. The maximum Gasteiger partial charge on any atom is 0.336 e. The highest BCUT2D eigenvalue weighted by Crippen LogP contribution is 2.39. The average molecular weight is 425 g/mol. The van der Waals surface area contributed by atoms with E-state index >= 15 is 0 Å². The van der Waals surface area contributed by atoms with Gasteiger partial charge in [0, 0.05) is 17.0 Å². The van der Waals surface area contributed by atoms with E-state index in [1.165, 1.54) is 7.11 Å². The highest BCUT2D eigenvalue weighted by molar-refractivity contribution is 6.03. The fourth-order valence-corrected chi connectivity index (χ4v) is 3.46. The largest absolute Gasteiger partial charge is 0.466 e. The molecule has 1 aromatic carbocycles. The number of nitriles is 1. The van der Waals surface area contributed by atoms with Crippen LogP contribution in [-0.4, -0.2) is 37.1 Å². The van der Waals surface area contributed by atoms with Crippen LogP contribution in [0.4, 0.5) is 0 Å². The van der Waals surface area contributed by atoms with Crippen LogP contribution in [0.2, 0.25) is 0 Å². The predicted molar refractivity (Wildman–Crippen MR) is 113 cm³/mol. The first-order chi connectivity index (χ1) is 14.5. The van der Waals surface area contributed by atoms with Crippen LogP contribution >= 0.6 is 0 Å². The zero-order valence-corrected chi connectivity index (χ0v) is 18.6. The third-order valence-electron chi connectivity index (χ3n) is 4.62. The van der Waals surface area contributed by atoms with Gasteiger partial charge in [-0.2, -0.15) is 5.26 Å². The monoisotopic (exact) mass is 425 g/mol. The molecule has 1 aromatic rings. The lowest BCUT2D eigenvalue weighted by atomic mass is 9.78. The van der Waals surface area contributed by atoms with Gasteiger partial charge in [-0.1, -0.05) is 18.2 Å². The van der Waals surface area contributed by atoms with Crippen molar-refractivity contribution in [3.05, 3.63) is 57.9 Å². The summed E-state index contributed by atoms with van der Waals surface area (Å²) in [6, 6.07) is 8.86. The summed E-state index contributed by atoms with van der Waals surface area (Å²) in [5.41, 5.74) is 1.60. The zero-order valence-electron chi connectivity index (χ0n) is 18.6. The third kappa shape index (κ3) is 5.51. The molecule has 1 aliphatic heterocycles. The Morgan fingerprint density at radius 3 is 2.32 bits per heavy atom. The molecule has 0 aromatic heterocycles. The minimum Gasteiger partial charge on any atom is -0.466 e. The summed E-state index contributed by atoms with van der Waals surface area (Å²) in [5, 5.41) is 15.2. The van der Waals surface area contributed by atoms with Crippen LogP contribution in [0.1, 0.15) is 51.7 Å². The first-order valence-corrected chi connectivity index (χ1v) is 9.76. The molecule has 1 atom stereocenters. The number of rotatable bonds is 5. The number of dihydropyridines is 1. The molecule has 0 radical (unpaired) electrons. The molecular weight excluding hydrogens is 398 g/mol. The standard InChI is InChI=1S/C23H27N3O5/c1-13-18(21(28)25-12-17(27)31-23(3,4)5)20(16-10-8-7-9-15(16)11-24)19(14(2)26-13)22(29)30-6/h7-10,20,26H,12H2,1-6H3,(H,25,28). The molecule has 0 bridgehead atoms. The maximum atomic E-state index is 13.2. The first kappa shape index (κ1) is 23.7. The molecule has 0 fully saturated rings. The minimum absolute atomic E-state index is 0.220. The van der Waals surface area contributed by atoms with Crippen molar-refractivity contribution in [2.45, 2.75) is 46.1 Å². The number of benzene rings is 1. The lowest BCUT2D eigenvalue weighted by Crippen LogP contribution is -2.39. The molecule has 164 valence electrons. The van der Waals surface area contributed by atoms with E-state index < -0.39 is 29.4 Å². The molecular formula is C23H27N3O5. The van der Waals surface area contributed by atoms with Crippen molar-refractivity contribution >= 4 is 17.8 Å². The van der Waals surface area contributed by atoms with Crippen LogP contribution in [0.15, 0.2) is 46.8 Å². The lowest BCUT2D eigenvalue weighted by molar-refractivity contribution is -0.154. The number of methoxy groups -OCH3 is 1. The average Bonchev–Trinajstić information content (AvgIpc) is 2.69. The molecule has 0 spiro atoms. The minimum atomic E-state index is -0.844. The summed E-state index contributed by atoms with van der Waals surface area (Å²) in [7, 11) is 1.25. The second-order valence-electron chi connectivity index (χ2n) is 8.10. The first-order valence-electron chi connectivity index (χ1n) is 9.76. The number of hydrogen-bond acceptors (Lipinski definition) is 7.